The summed E-state index contributed by atoms with van der Waals surface area (Å²) in [5.74, 6) is 0. The summed E-state index contributed by atoms with van der Waals surface area (Å²) in [4.78, 5) is 0. The van der Waals surface area contributed by atoms with E-state index in [9.17, 15) is 0 Å². The van der Waals surface area contributed by atoms with Gasteiger partial charge >= 0.3 is 0 Å². The van der Waals surface area contributed by atoms with Gasteiger partial charge in [-0.1, -0.05) is 35.5 Å². The molecule has 1 aromatic rings. The summed E-state index contributed by atoms with van der Waals surface area (Å²) < 4.78 is 0. The molecule has 0 saturated heterocycles. The molecule has 0 fully saturated rings. The SMILES string of the molecule is C=C[Si](Cl)(Cl)Cc1ccc(C)cc1. The van der Waals surface area contributed by atoms with E-state index in [0.29, 0.717) is 0 Å². The van der Waals surface area contributed by atoms with Crippen molar-refractivity contribution in [3.05, 3.63) is 47.7 Å². The highest BCUT2D eigenvalue weighted by Crippen LogP contribution is 2.21. The van der Waals surface area contributed by atoms with Crippen molar-refractivity contribution in [1.82, 2.24) is 0 Å². The predicted octanol–water partition coefficient (Wildman–Crippen LogP) is 3.72. The van der Waals surface area contributed by atoms with Crippen molar-refractivity contribution < 1.29 is 0 Å². The summed E-state index contributed by atoms with van der Waals surface area (Å²) in [6, 6.07) is 8.99. The van der Waals surface area contributed by atoms with Crippen LogP contribution in [0.4, 0.5) is 0 Å². The van der Waals surface area contributed by atoms with E-state index in [-0.39, 0.29) is 0 Å². The molecule has 0 spiro atoms. The Morgan fingerprint density at radius 1 is 1.31 bits per heavy atom. The van der Waals surface area contributed by atoms with E-state index >= 15 is 0 Å². The van der Waals surface area contributed by atoms with Crippen LogP contribution >= 0.6 is 22.2 Å². The van der Waals surface area contributed by atoms with Gasteiger partial charge in [-0.05, 0) is 18.5 Å². The smallest absolute Gasteiger partial charge is 0.140 e. The van der Waals surface area contributed by atoms with Gasteiger partial charge in [0.1, 0.15) is 0 Å². The third kappa shape index (κ3) is 3.55. The van der Waals surface area contributed by atoms with Gasteiger partial charge in [0.05, 0.1) is 0 Å². The number of hydrogen-bond acceptors (Lipinski definition) is 0. The van der Waals surface area contributed by atoms with Crippen LogP contribution in [0.5, 0.6) is 0 Å². The molecule has 0 bridgehead atoms. The molecule has 70 valence electrons. The molecule has 1 aromatic carbocycles. The Morgan fingerprint density at radius 3 is 2.31 bits per heavy atom. The van der Waals surface area contributed by atoms with E-state index in [0.717, 1.165) is 6.04 Å². The molecule has 0 aromatic heterocycles. The molecule has 1 rings (SSSR count). The van der Waals surface area contributed by atoms with Gasteiger partial charge in [-0.15, -0.1) is 28.7 Å². The fraction of sp³-hybridized carbons (Fsp3) is 0.200. The van der Waals surface area contributed by atoms with E-state index in [1.807, 2.05) is 0 Å². The summed E-state index contributed by atoms with van der Waals surface area (Å²) in [5.41, 5.74) is 4.12. The van der Waals surface area contributed by atoms with E-state index < -0.39 is 6.69 Å². The third-order valence-corrected chi connectivity index (χ3v) is 5.06. The molecular weight excluding hydrogens is 219 g/mol. The molecule has 0 amide bonds. The van der Waals surface area contributed by atoms with E-state index in [1.165, 1.54) is 11.1 Å². The van der Waals surface area contributed by atoms with Crippen LogP contribution in [0.15, 0.2) is 36.5 Å². The Labute approximate surface area is 89.6 Å². The lowest BCUT2D eigenvalue weighted by atomic mass is 10.2. The van der Waals surface area contributed by atoms with Gasteiger partial charge in [-0.25, -0.2) is 0 Å². The summed E-state index contributed by atoms with van der Waals surface area (Å²) in [5, 5.41) is 0. The predicted molar refractivity (Wildman–Crippen MR) is 62.5 cm³/mol. The number of aryl methyl sites for hydroxylation is 1. The largest absolute Gasteiger partial charge is 0.277 e. The molecule has 0 radical (unpaired) electrons. The molecule has 0 N–H and O–H groups in total. The zero-order valence-corrected chi connectivity index (χ0v) is 10.1. The quantitative estimate of drug-likeness (QED) is 0.549. The molecule has 0 aliphatic rings. The fourth-order valence-corrected chi connectivity index (χ4v) is 2.90. The first-order chi connectivity index (χ1) is 6.03. The minimum absolute atomic E-state index is 0.736. The van der Waals surface area contributed by atoms with E-state index in [1.54, 1.807) is 5.70 Å². The third-order valence-electron chi connectivity index (χ3n) is 1.86. The Bertz CT molecular complexity index is 290. The molecule has 0 atom stereocenters. The maximum atomic E-state index is 6.08. The Balaban J connectivity index is 2.75. The second kappa shape index (κ2) is 4.31. The molecule has 0 unspecified atom stereocenters. The van der Waals surface area contributed by atoms with Crippen LogP contribution in [0, 0.1) is 6.92 Å². The van der Waals surface area contributed by atoms with Crippen LogP contribution in [0.1, 0.15) is 11.1 Å². The molecular formula is C10H12Cl2Si. The van der Waals surface area contributed by atoms with Gasteiger partial charge in [0.2, 0.25) is 0 Å². The maximum absolute atomic E-state index is 6.08. The first kappa shape index (κ1) is 10.8. The van der Waals surface area contributed by atoms with Crippen LogP contribution in [-0.2, 0) is 6.04 Å². The summed E-state index contributed by atoms with van der Waals surface area (Å²) in [6.45, 7) is 3.48. The molecule has 13 heavy (non-hydrogen) atoms. The van der Waals surface area contributed by atoms with Gasteiger partial charge in [-0.3, -0.25) is 0 Å². The summed E-state index contributed by atoms with van der Waals surface area (Å²) >= 11 is 12.2. The average molecular weight is 231 g/mol. The lowest BCUT2D eigenvalue weighted by Gasteiger charge is -2.10. The van der Waals surface area contributed by atoms with Crippen molar-refractivity contribution in [2.24, 2.45) is 0 Å². The normalized spacial score (nSPS) is 11.3. The summed E-state index contributed by atoms with van der Waals surface area (Å²) in [6.07, 6.45) is 0. The second-order valence-electron chi connectivity index (χ2n) is 3.13. The average Bonchev–Trinajstić information content (AvgIpc) is 2.09. The number of benzene rings is 1. The van der Waals surface area contributed by atoms with Crippen molar-refractivity contribution in [2.45, 2.75) is 13.0 Å². The van der Waals surface area contributed by atoms with Crippen LogP contribution in [0.2, 0.25) is 0 Å². The monoisotopic (exact) mass is 230 g/mol. The van der Waals surface area contributed by atoms with E-state index in [2.05, 4.69) is 37.8 Å². The Morgan fingerprint density at radius 2 is 1.85 bits per heavy atom. The van der Waals surface area contributed by atoms with Gasteiger partial charge in [0.15, 0.2) is 0 Å². The molecule has 0 heterocycles. The lowest BCUT2D eigenvalue weighted by Crippen LogP contribution is -2.19. The molecule has 3 heteroatoms. The Kier molecular flexibility index (Phi) is 3.60. The minimum Gasteiger partial charge on any atom is -0.140 e. The number of halogens is 2. The number of hydrogen-bond donors (Lipinski definition) is 0. The molecule has 0 saturated carbocycles. The first-order valence-electron chi connectivity index (χ1n) is 4.10. The van der Waals surface area contributed by atoms with Gasteiger partial charge < -0.3 is 0 Å². The maximum Gasteiger partial charge on any atom is 0.277 e. The van der Waals surface area contributed by atoms with E-state index in [4.69, 9.17) is 22.2 Å². The first-order valence-corrected chi connectivity index (χ1v) is 8.41. The topological polar surface area (TPSA) is 0 Å². The van der Waals surface area contributed by atoms with Crippen molar-refractivity contribution in [1.29, 1.82) is 0 Å². The van der Waals surface area contributed by atoms with Crippen LogP contribution in [0.25, 0.3) is 0 Å². The summed E-state index contributed by atoms with van der Waals surface area (Å²) in [7, 11) is 0. The molecule has 0 aliphatic heterocycles. The van der Waals surface area contributed by atoms with Crippen LogP contribution in [0.3, 0.4) is 0 Å². The van der Waals surface area contributed by atoms with Crippen molar-refractivity contribution in [2.75, 3.05) is 0 Å². The van der Waals surface area contributed by atoms with Crippen molar-refractivity contribution in [3.63, 3.8) is 0 Å². The van der Waals surface area contributed by atoms with Crippen LogP contribution in [-0.4, -0.2) is 6.69 Å². The standard InChI is InChI=1S/C10H12Cl2Si/c1-3-13(11,12)8-10-6-4-9(2)5-7-10/h3-7H,1,8H2,2H3. The number of rotatable bonds is 3. The fourth-order valence-electron chi connectivity index (χ4n) is 1.05. The van der Waals surface area contributed by atoms with Crippen LogP contribution < -0.4 is 0 Å². The molecule has 0 nitrogen and oxygen atoms in total. The highest BCUT2D eigenvalue weighted by Gasteiger charge is 2.23. The Hall–Kier alpha value is -0.243. The highest BCUT2D eigenvalue weighted by molar-refractivity contribution is 7.47. The minimum atomic E-state index is -2.23. The van der Waals surface area contributed by atoms with Gasteiger partial charge in [0.25, 0.3) is 6.69 Å². The van der Waals surface area contributed by atoms with Crippen molar-refractivity contribution >= 4 is 28.9 Å². The lowest BCUT2D eigenvalue weighted by molar-refractivity contribution is 1.34. The zero-order chi connectivity index (χ0) is 9.90. The second-order valence-corrected chi connectivity index (χ2v) is 10.0. The molecule has 0 aliphatic carbocycles. The van der Waals surface area contributed by atoms with Gasteiger partial charge in [-0.2, -0.15) is 0 Å². The van der Waals surface area contributed by atoms with Gasteiger partial charge in [0, 0.05) is 0 Å². The highest BCUT2D eigenvalue weighted by atomic mass is 35.7. The van der Waals surface area contributed by atoms with Crippen molar-refractivity contribution in [3.8, 4) is 0 Å². The zero-order valence-electron chi connectivity index (χ0n) is 7.56.